The van der Waals surface area contributed by atoms with Gasteiger partial charge in [0, 0.05) is 20.6 Å². The summed E-state index contributed by atoms with van der Waals surface area (Å²) in [4.78, 5) is 0. The van der Waals surface area contributed by atoms with Gasteiger partial charge in [-0.1, -0.05) is 45.2 Å². The minimum absolute atomic E-state index is 0.808. The molecule has 64 valence electrons. The second-order valence-electron chi connectivity index (χ2n) is 1.46. The maximum absolute atomic E-state index is 5.30. The van der Waals surface area contributed by atoms with Crippen molar-refractivity contribution < 1.29 is 0 Å². The molecule has 0 amide bonds. The lowest BCUT2D eigenvalue weighted by Crippen LogP contribution is -1.69. The Kier molecular flexibility index (Phi) is 25.1. The summed E-state index contributed by atoms with van der Waals surface area (Å²) in [5.74, 6) is 1.62. The molecule has 0 heterocycles. The third-order valence-electron chi connectivity index (χ3n) is 0.535. The van der Waals surface area contributed by atoms with Crippen molar-refractivity contribution in [1.82, 2.24) is 0 Å². The quantitative estimate of drug-likeness (QED) is 0.485. The van der Waals surface area contributed by atoms with E-state index in [0.29, 0.717) is 0 Å². The fourth-order valence-corrected chi connectivity index (χ4v) is 2.03. The van der Waals surface area contributed by atoms with Crippen molar-refractivity contribution in [1.29, 1.82) is 0 Å². The van der Waals surface area contributed by atoms with Crippen molar-refractivity contribution >= 4 is 68.4 Å². The fraction of sp³-hybridized carbons (Fsp3) is 1.00. The fourth-order valence-electron chi connectivity index (χ4n) is 0.101. The van der Waals surface area contributed by atoms with E-state index in [4.69, 9.17) is 23.2 Å². The Hall–Kier alpha value is 2.04. The third kappa shape index (κ3) is 22.5. The van der Waals surface area contributed by atoms with Crippen molar-refractivity contribution in [2.24, 2.45) is 0 Å². The molecule has 0 aliphatic heterocycles. The molecule has 0 unspecified atom stereocenters. The highest BCUT2D eigenvalue weighted by atomic mass is 127. The molecule has 0 radical (unpaired) electrons. The zero-order chi connectivity index (χ0) is 8.24. The Morgan fingerprint density at radius 1 is 0.800 bits per heavy atom. The van der Waals surface area contributed by atoms with Crippen LogP contribution in [0.5, 0.6) is 0 Å². The van der Waals surface area contributed by atoms with Crippen LogP contribution in [0.4, 0.5) is 0 Å². The molecule has 10 heavy (non-hydrogen) atoms. The molecule has 0 aromatic heterocycles. The highest BCUT2D eigenvalue weighted by molar-refractivity contribution is 14.1. The highest BCUT2D eigenvalue weighted by Gasteiger charge is 1.72. The maximum atomic E-state index is 5.30. The molecule has 0 aliphatic carbocycles. The average molecular weight is 409 g/mol. The Bertz CT molecular complexity index is 34.7. The van der Waals surface area contributed by atoms with E-state index >= 15 is 0 Å². The van der Waals surface area contributed by atoms with Gasteiger partial charge in [0.15, 0.2) is 0 Å². The van der Waals surface area contributed by atoms with Crippen molar-refractivity contribution in [3.05, 3.63) is 0 Å². The topological polar surface area (TPSA) is 0 Å². The normalized spacial score (nSPS) is 8.40. The molecule has 0 bridgehead atoms. The summed E-state index contributed by atoms with van der Waals surface area (Å²) in [6, 6.07) is 0. The molecule has 0 spiro atoms. The lowest BCUT2D eigenvalue weighted by Gasteiger charge is -1.75. The Balaban J connectivity index is 0. The van der Waals surface area contributed by atoms with Gasteiger partial charge in [-0.15, -0.1) is 23.2 Å². The van der Waals surface area contributed by atoms with Crippen LogP contribution in [0.15, 0.2) is 0 Å². The zero-order valence-corrected chi connectivity index (χ0v) is 11.6. The van der Waals surface area contributed by atoms with Gasteiger partial charge in [0.05, 0.1) is 0 Å². The maximum Gasteiger partial charge on any atom is 0.0230 e. The lowest BCUT2D eigenvalue weighted by atomic mass is 10.6. The predicted molar refractivity (Wildman–Crippen MR) is 68.4 cm³/mol. The van der Waals surface area contributed by atoms with E-state index in [1.165, 1.54) is 8.86 Å². The van der Waals surface area contributed by atoms with Crippen LogP contribution in [0.25, 0.3) is 0 Å². The molecular formula is C6H12Cl2I2. The zero-order valence-electron chi connectivity index (χ0n) is 5.75. The Labute approximate surface area is 101 Å². The van der Waals surface area contributed by atoms with Crippen LogP contribution in [-0.4, -0.2) is 20.6 Å². The number of hydrogen-bond acceptors (Lipinski definition) is 0. The lowest BCUT2D eigenvalue weighted by molar-refractivity contribution is 1.14. The summed E-state index contributed by atoms with van der Waals surface area (Å²) in [5.41, 5.74) is 0. The van der Waals surface area contributed by atoms with Crippen LogP contribution in [-0.2, 0) is 0 Å². The monoisotopic (exact) mass is 408 g/mol. The van der Waals surface area contributed by atoms with Gasteiger partial charge in [0.2, 0.25) is 0 Å². The van der Waals surface area contributed by atoms with Gasteiger partial charge < -0.3 is 0 Å². The molecular weight excluding hydrogens is 397 g/mol. The van der Waals surface area contributed by atoms with E-state index < -0.39 is 0 Å². The number of halogens is 4. The molecule has 0 saturated carbocycles. The van der Waals surface area contributed by atoms with Gasteiger partial charge >= 0.3 is 0 Å². The molecule has 0 rings (SSSR count). The van der Waals surface area contributed by atoms with Crippen LogP contribution in [0.1, 0.15) is 12.8 Å². The standard InChI is InChI=1S/2C3H6ClI/c2*4-2-1-3-5/h2*1-3H2. The Morgan fingerprint density at radius 3 is 1.10 bits per heavy atom. The van der Waals surface area contributed by atoms with Crippen molar-refractivity contribution in [3.63, 3.8) is 0 Å². The van der Waals surface area contributed by atoms with E-state index in [2.05, 4.69) is 45.2 Å². The van der Waals surface area contributed by atoms with Gasteiger partial charge in [-0.05, 0) is 12.8 Å². The third-order valence-corrected chi connectivity index (χ3v) is 2.59. The van der Waals surface area contributed by atoms with E-state index in [-0.39, 0.29) is 0 Å². The number of rotatable bonds is 4. The van der Waals surface area contributed by atoms with Gasteiger partial charge in [-0.2, -0.15) is 0 Å². The van der Waals surface area contributed by atoms with Crippen molar-refractivity contribution in [2.75, 3.05) is 20.6 Å². The Morgan fingerprint density at radius 2 is 1.10 bits per heavy atom. The van der Waals surface area contributed by atoms with Crippen molar-refractivity contribution in [2.45, 2.75) is 12.8 Å². The van der Waals surface area contributed by atoms with Gasteiger partial charge in [0.25, 0.3) is 0 Å². The first kappa shape index (κ1) is 14.6. The first-order valence-electron chi connectivity index (χ1n) is 3.07. The summed E-state index contributed by atoms with van der Waals surface area (Å²) in [6.07, 6.45) is 2.28. The molecule has 0 aliphatic rings. The van der Waals surface area contributed by atoms with Gasteiger partial charge in [-0.3, -0.25) is 0 Å². The molecule has 0 aromatic carbocycles. The highest BCUT2D eigenvalue weighted by Crippen LogP contribution is 1.89. The predicted octanol–water partition coefficient (Wildman–Crippen LogP) is 4.10. The van der Waals surface area contributed by atoms with E-state index in [1.54, 1.807) is 0 Å². The van der Waals surface area contributed by atoms with Crippen LogP contribution in [0, 0.1) is 0 Å². The van der Waals surface area contributed by atoms with Crippen LogP contribution < -0.4 is 0 Å². The first-order valence-corrected chi connectivity index (χ1v) is 7.19. The summed E-state index contributed by atoms with van der Waals surface area (Å²) in [5, 5.41) is 0. The van der Waals surface area contributed by atoms with E-state index in [0.717, 1.165) is 24.6 Å². The second kappa shape index (κ2) is 17.2. The molecule has 0 nitrogen and oxygen atoms in total. The van der Waals surface area contributed by atoms with E-state index in [1.807, 2.05) is 0 Å². The second-order valence-corrected chi connectivity index (χ2v) is 4.38. The smallest absolute Gasteiger partial charge is 0.0230 e. The molecule has 0 aromatic rings. The summed E-state index contributed by atoms with van der Waals surface area (Å²) in [6.45, 7) is 0. The minimum Gasteiger partial charge on any atom is -0.127 e. The minimum atomic E-state index is 0.808. The average Bonchev–Trinajstić information content (AvgIpc) is 1.93. The van der Waals surface area contributed by atoms with Crippen molar-refractivity contribution in [3.8, 4) is 0 Å². The summed E-state index contributed by atoms with van der Waals surface area (Å²) < 4.78 is 2.36. The molecule has 0 atom stereocenters. The molecule has 0 N–H and O–H groups in total. The van der Waals surface area contributed by atoms with E-state index in [9.17, 15) is 0 Å². The summed E-state index contributed by atoms with van der Waals surface area (Å²) >= 11 is 15.2. The molecule has 4 heteroatoms. The first-order chi connectivity index (χ1) is 4.83. The SMILES string of the molecule is ClCCCI.ClCCCI. The number of hydrogen-bond donors (Lipinski definition) is 0. The van der Waals surface area contributed by atoms with Gasteiger partial charge in [0.1, 0.15) is 0 Å². The largest absolute Gasteiger partial charge is 0.127 e. The van der Waals surface area contributed by atoms with Crippen LogP contribution in [0.2, 0.25) is 0 Å². The summed E-state index contributed by atoms with van der Waals surface area (Å²) in [7, 11) is 0. The van der Waals surface area contributed by atoms with Crippen LogP contribution >= 0.6 is 68.4 Å². The number of alkyl halides is 4. The van der Waals surface area contributed by atoms with Crippen LogP contribution in [0.3, 0.4) is 0 Å². The van der Waals surface area contributed by atoms with Gasteiger partial charge in [-0.25, -0.2) is 0 Å². The molecule has 0 fully saturated rings. The molecule has 0 saturated heterocycles.